The molecule has 1 saturated carbocycles. The molecule has 1 heterocycles. The maximum Gasteiger partial charge on any atom is 0.134 e. The van der Waals surface area contributed by atoms with Crippen molar-refractivity contribution in [2.24, 2.45) is 0 Å². The Hall–Kier alpha value is 0.240. The molecule has 0 aromatic heterocycles. The van der Waals surface area contributed by atoms with E-state index in [1.807, 2.05) is 11.8 Å². The van der Waals surface area contributed by atoms with Gasteiger partial charge in [0.15, 0.2) is 0 Å². The maximum absolute atomic E-state index is 5.09. The summed E-state index contributed by atoms with van der Waals surface area (Å²) in [6.45, 7) is 0. The van der Waals surface area contributed by atoms with E-state index in [0.29, 0.717) is 6.04 Å². The van der Waals surface area contributed by atoms with Gasteiger partial charge in [0.2, 0.25) is 0 Å². The summed E-state index contributed by atoms with van der Waals surface area (Å²) in [5, 5.41) is 4.16. The number of thioether (sulfide) groups is 1. The maximum atomic E-state index is 5.09. The van der Waals surface area contributed by atoms with Gasteiger partial charge in [-0.05, 0) is 12.8 Å². The molecule has 1 saturated heterocycles. The Kier molecular flexibility index (Phi) is 1.87. The van der Waals surface area contributed by atoms with E-state index in [0.717, 1.165) is 9.57 Å². The van der Waals surface area contributed by atoms with Gasteiger partial charge in [0.25, 0.3) is 0 Å². The Balaban J connectivity index is 2.04. The molecule has 0 aromatic carbocycles. The van der Waals surface area contributed by atoms with E-state index < -0.39 is 0 Å². The van der Waals surface area contributed by atoms with Crippen LogP contribution in [0, 0.1) is 0 Å². The van der Waals surface area contributed by atoms with Crippen molar-refractivity contribution in [1.29, 1.82) is 0 Å². The molecule has 2 atom stereocenters. The molecule has 2 rings (SSSR count). The predicted octanol–water partition coefficient (Wildman–Crippen LogP) is 1.92. The SMILES string of the molecule is S=C1N[C@@H]2CCCC[C@@H]2S1. The zero-order valence-corrected chi connectivity index (χ0v) is 7.43. The molecule has 1 nitrogen and oxygen atoms in total. The average Bonchev–Trinajstić information content (AvgIpc) is 2.27. The van der Waals surface area contributed by atoms with E-state index >= 15 is 0 Å². The highest BCUT2D eigenvalue weighted by atomic mass is 32.2. The van der Waals surface area contributed by atoms with Crippen LogP contribution in [0.4, 0.5) is 0 Å². The molecule has 1 aliphatic heterocycles. The van der Waals surface area contributed by atoms with Gasteiger partial charge in [-0.1, -0.05) is 36.8 Å². The van der Waals surface area contributed by atoms with Gasteiger partial charge in [0.1, 0.15) is 4.32 Å². The van der Waals surface area contributed by atoms with Crippen LogP contribution in [0.2, 0.25) is 0 Å². The smallest absolute Gasteiger partial charge is 0.134 e. The van der Waals surface area contributed by atoms with E-state index in [4.69, 9.17) is 12.2 Å². The third-order valence-electron chi connectivity index (χ3n) is 2.26. The molecule has 2 fully saturated rings. The first-order valence-corrected chi connectivity index (χ1v) is 5.12. The third kappa shape index (κ3) is 1.17. The lowest BCUT2D eigenvalue weighted by Gasteiger charge is -2.22. The molecule has 0 aromatic rings. The molecule has 1 N–H and O–H groups in total. The summed E-state index contributed by atoms with van der Waals surface area (Å²) < 4.78 is 1.02. The Bertz CT molecular complexity index is 142. The zero-order valence-electron chi connectivity index (χ0n) is 5.80. The van der Waals surface area contributed by atoms with Gasteiger partial charge < -0.3 is 5.32 Å². The first kappa shape index (κ1) is 6.92. The molecule has 3 heteroatoms. The highest BCUT2D eigenvalue weighted by Crippen LogP contribution is 2.34. The van der Waals surface area contributed by atoms with E-state index in [2.05, 4.69) is 5.32 Å². The van der Waals surface area contributed by atoms with E-state index in [1.165, 1.54) is 25.7 Å². The molecule has 0 radical (unpaired) electrons. The predicted molar refractivity (Wildman–Crippen MR) is 49.4 cm³/mol. The summed E-state index contributed by atoms with van der Waals surface area (Å²) >= 11 is 6.96. The Morgan fingerprint density at radius 3 is 3.00 bits per heavy atom. The highest BCUT2D eigenvalue weighted by Gasteiger charge is 2.32. The molecule has 1 aliphatic carbocycles. The highest BCUT2D eigenvalue weighted by molar-refractivity contribution is 8.23. The number of hydrogen-bond acceptors (Lipinski definition) is 2. The lowest BCUT2D eigenvalue weighted by molar-refractivity contribution is 0.436. The fourth-order valence-corrected chi connectivity index (χ4v) is 3.40. The largest absolute Gasteiger partial charge is 0.367 e. The fraction of sp³-hybridized carbons (Fsp3) is 0.857. The summed E-state index contributed by atoms with van der Waals surface area (Å²) in [5.74, 6) is 0. The molecular weight excluding hydrogens is 162 g/mol. The summed E-state index contributed by atoms with van der Waals surface area (Å²) in [7, 11) is 0. The molecule has 2 aliphatic rings. The second-order valence-corrected chi connectivity index (χ2v) is 4.90. The average molecular weight is 173 g/mol. The minimum atomic E-state index is 0.714. The second kappa shape index (κ2) is 2.70. The standard InChI is InChI=1S/C7H11NS2/c9-7-8-5-3-1-2-4-6(5)10-7/h5-6H,1-4H2,(H,8,9)/t5-,6+/m1/s1. The minimum absolute atomic E-state index is 0.714. The van der Waals surface area contributed by atoms with Gasteiger partial charge in [-0.3, -0.25) is 0 Å². The van der Waals surface area contributed by atoms with Crippen LogP contribution in [0.1, 0.15) is 25.7 Å². The molecule has 0 spiro atoms. The fourth-order valence-electron chi connectivity index (χ4n) is 1.73. The zero-order chi connectivity index (χ0) is 6.97. The van der Waals surface area contributed by atoms with Gasteiger partial charge in [-0.2, -0.15) is 0 Å². The van der Waals surface area contributed by atoms with Crippen molar-refractivity contribution < 1.29 is 0 Å². The molecule has 56 valence electrons. The van der Waals surface area contributed by atoms with E-state index in [1.54, 1.807) is 0 Å². The molecule has 0 unspecified atom stereocenters. The quantitative estimate of drug-likeness (QED) is 0.562. The van der Waals surface area contributed by atoms with Crippen LogP contribution in [0.3, 0.4) is 0 Å². The third-order valence-corrected chi connectivity index (χ3v) is 3.87. The van der Waals surface area contributed by atoms with Gasteiger partial charge in [0.05, 0.1) is 0 Å². The molecule has 0 bridgehead atoms. The van der Waals surface area contributed by atoms with Gasteiger partial charge in [0, 0.05) is 11.3 Å². The van der Waals surface area contributed by atoms with Crippen LogP contribution in [0.25, 0.3) is 0 Å². The number of thiocarbonyl (C=S) groups is 1. The van der Waals surface area contributed by atoms with Gasteiger partial charge in [-0.25, -0.2) is 0 Å². The monoisotopic (exact) mass is 173 g/mol. The van der Waals surface area contributed by atoms with Crippen LogP contribution in [-0.4, -0.2) is 15.6 Å². The van der Waals surface area contributed by atoms with Gasteiger partial charge >= 0.3 is 0 Å². The normalized spacial score (nSPS) is 39.0. The summed E-state index contributed by atoms with van der Waals surface area (Å²) in [5.41, 5.74) is 0. The topological polar surface area (TPSA) is 12.0 Å². The van der Waals surface area contributed by atoms with Crippen molar-refractivity contribution in [3.63, 3.8) is 0 Å². The molecule has 10 heavy (non-hydrogen) atoms. The summed E-state index contributed by atoms with van der Waals surface area (Å²) in [6.07, 6.45) is 5.48. The number of nitrogens with one attached hydrogen (secondary N) is 1. The van der Waals surface area contributed by atoms with Crippen molar-refractivity contribution in [1.82, 2.24) is 5.32 Å². The van der Waals surface area contributed by atoms with Crippen LogP contribution in [0.5, 0.6) is 0 Å². The van der Waals surface area contributed by atoms with Crippen LogP contribution < -0.4 is 5.32 Å². The first-order valence-electron chi connectivity index (χ1n) is 3.83. The van der Waals surface area contributed by atoms with Crippen molar-refractivity contribution >= 4 is 28.3 Å². The lowest BCUT2D eigenvalue weighted by atomic mass is 9.95. The first-order chi connectivity index (χ1) is 4.86. The lowest BCUT2D eigenvalue weighted by Crippen LogP contribution is -2.33. The van der Waals surface area contributed by atoms with Crippen LogP contribution in [0.15, 0.2) is 0 Å². The Morgan fingerprint density at radius 1 is 1.40 bits per heavy atom. The summed E-state index contributed by atoms with van der Waals surface area (Å²) in [6, 6.07) is 0.714. The summed E-state index contributed by atoms with van der Waals surface area (Å²) in [4.78, 5) is 0. The number of hydrogen-bond donors (Lipinski definition) is 1. The second-order valence-electron chi connectivity index (χ2n) is 2.98. The molecule has 0 amide bonds. The van der Waals surface area contributed by atoms with Crippen LogP contribution >= 0.6 is 24.0 Å². The number of fused-ring (bicyclic) bond motifs is 1. The van der Waals surface area contributed by atoms with Crippen molar-refractivity contribution in [3.8, 4) is 0 Å². The van der Waals surface area contributed by atoms with Crippen molar-refractivity contribution in [3.05, 3.63) is 0 Å². The Labute approximate surface area is 70.9 Å². The van der Waals surface area contributed by atoms with E-state index in [-0.39, 0.29) is 0 Å². The van der Waals surface area contributed by atoms with Crippen molar-refractivity contribution in [2.45, 2.75) is 37.0 Å². The van der Waals surface area contributed by atoms with E-state index in [9.17, 15) is 0 Å². The Morgan fingerprint density at radius 2 is 2.20 bits per heavy atom. The van der Waals surface area contributed by atoms with Gasteiger partial charge in [-0.15, -0.1) is 0 Å². The minimum Gasteiger partial charge on any atom is -0.367 e. The van der Waals surface area contributed by atoms with Crippen molar-refractivity contribution in [2.75, 3.05) is 0 Å². The number of rotatable bonds is 0. The van der Waals surface area contributed by atoms with Crippen LogP contribution in [-0.2, 0) is 0 Å². The molecular formula is C7H11NS2.